The lowest BCUT2D eigenvalue weighted by Gasteiger charge is -2.23. The first-order valence-electron chi connectivity index (χ1n) is 11.1. The van der Waals surface area contributed by atoms with Gasteiger partial charge in [-0.3, -0.25) is 19.2 Å². The Hall–Kier alpha value is -3.93. The zero-order chi connectivity index (χ0) is 26.1. The first kappa shape index (κ1) is 27.3. The lowest BCUT2D eigenvalue weighted by Crippen LogP contribution is -2.55. The van der Waals surface area contributed by atoms with E-state index >= 15 is 0 Å². The van der Waals surface area contributed by atoms with Gasteiger partial charge in [-0.15, -0.1) is 0 Å². The second kappa shape index (κ2) is 12.5. The van der Waals surface area contributed by atoms with Gasteiger partial charge in [0.1, 0.15) is 12.1 Å². The third-order valence-corrected chi connectivity index (χ3v) is 5.41. The van der Waals surface area contributed by atoms with Gasteiger partial charge in [-0.2, -0.15) is 0 Å². The van der Waals surface area contributed by atoms with Gasteiger partial charge in [0, 0.05) is 29.9 Å². The van der Waals surface area contributed by atoms with Crippen LogP contribution >= 0.6 is 0 Å². The van der Waals surface area contributed by atoms with Gasteiger partial charge in [0.05, 0.1) is 12.6 Å². The van der Waals surface area contributed by atoms with Gasteiger partial charge in [0.15, 0.2) is 0 Å². The molecule has 0 aliphatic carbocycles. The minimum absolute atomic E-state index is 0.0676. The normalized spacial score (nSPS) is 13.6. The Morgan fingerprint density at radius 3 is 2.34 bits per heavy atom. The van der Waals surface area contributed by atoms with E-state index in [0.29, 0.717) is 0 Å². The van der Waals surface area contributed by atoms with Crippen LogP contribution < -0.4 is 21.7 Å². The first-order chi connectivity index (χ1) is 16.5. The molecule has 12 nitrogen and oxygen atoms in total. The van der Waals surface area contributed by atoms with Crippen molar-refractivity contribution in [1.29, 1.82) is 0 Å². The molecule has 3 amide bonds. The maximum absolute atomic E-state index is 13.0. The number of carboxylic acids is 2. The highest BCUT2D eigenvalue weighted by Gasteiger charge is 2.29. The molecule has 1 heterocycles. The Morgan fingerprint density at radius 2 is 1.71 bits per heavy atom. The zero-order valence-corrected chi connectivity index (χ0v) is 19.5. The second-order valence-corrected chi connectivity index (χ2v) is 8.51. The SMILES string of the molecule is CC(C)C(NC(=O)C(Cc1c[nH]c2ccccc12)NC(=O)CNC(=O)C(N)CCC(=O)O)C(=O)O. The minimum atomic E-state index is -1.20. The summed E-state index contributed by atoms with van der Waals surface area (Å²) in [7, 11) is 0. The van der Waals surface area contributed by atoms with Crippen LogP contribution in [0.15, 0.2) is 30.5 Å². The molecule has 8 N–H and O–H groups in total. The van der Waals surface area contributed by atoms with Crippen LogP contribution in [-0.2, 0) is 30.4 Å². The maximum Gasteiger partial charge on any atom is 0.326 e. The molecule has 0 saturated heterocycles. The van der Waals surface area contributed by atoms with Crippen molar-refractivity contribution in [3.05, 3.63) is 36.0 Å². The number of aliphatic carboxylic acids is 2. The van der Waals surface area contributed by atoms with Gasteiger partial charge in [-0.05, 0) is 24.0 Å². The van der Waals surface area contributed by atoms with Crippen LogP contribution in [0.25, 0.3) is 10.9 Å². The summed E-state index contributed by atoms with van der Waals surface area (Å²) in [6, 6.07) is 4.00. The number of benzene rings is 1. The molecule has 0 aliphatic rings. The Bertz CT molecular complexity index is 1080. The molecule has 0 aliphatic heterocycles. The molecular weight excluding hydrogens is 458 g/mol. The molecule has 35 heavy (non-hydrogen) atoms. The van der Waals surface area contributed by atoms with Crippen LogP contribution in [0.2, 0.25) is 0 Å². The largest absolute Gasteiger partial charge is 0.481 e. The molecule has 190 valence electrons. The number of para-hydroxylation sites is 1. The number of aromatic nitrogens is 1. The van der Waals surface area contributed by atoms with Crippen LogP contribution in [-0.4, -0.2) is 69.5 Å². The fourth-order valence-corrected chi connectivity index (χ4v) is 3.45. The molecule has 3 atom stereocenters. The molecule has 1 aromatic heterocycles. The highest BCUT2D eigenvalue weighted by atomic mass is 16.4. The number of H-pyrrole nitrogens is 1. The summed E-state index contributed by atoms with van der Waals surface area (Å²) in [6.45, 7) is 2.80. The average molecular weight is 490 g/mol. The summed E-state index contributed by atoms with van der Waals surface area (Å²) in [5.74, 6) is -4.78. The van der Waals surface area contributed by atoms with E-state index in [0.717, 1.165) is 16.5 Å². The summed E-state index contributed by atoms with van der Waals surface area (Å²) >= 11 is 0. The fraction of sp³-hybridized carbons (Fsp3) is 0.435. The van der Waals surface area contributed by atoms with Crippen LogP contribution in [0, 0.1) is 5.92 Å². The molecule has 0 fully saturated rings. The van der Waals surface area contributed by atoms with Crippen molar-refractivity contribution >= 4 is 40.6 Å². The van der Waals surface area contributed by atoms with Crippen LogP contribution in [0.1, 0.15) is 32.3 Å². The van der Waals surface area contributed by atoms with E-state index in [1.54, 1.807) is 20.0 Å². The third kappa shape index (κ3) is 8.10. The minimum Gasteiger partial charge on any atom is -0.481 e. The van der Waals surface area contributed by atoms with Crippen molar-refractivity contribution in [3.63, 3.8) is 0 Å². The van der Waals surface area contributed by atoms with Crippen LogP contribution in [0.3, 0.4) is 0 Å². The Morgan fingerprint density at radius 1 is 1.03 bits per heavy atom. The molecular formula is C23H31N5O7. The smallest absolute Gasteiger partial charge is 0.326 e. The number of carbonyl (C=O) groups excluding carboxylic acids is 3. The second-order valence-electron chi connectivity index (χ2n) is 8.51. The van der Waals surface area contributed by atoms with E-state index in [2.05, 4.69) is 20.9 Å². The molecule has 1 aromatic carbocycles. The Labute approximate surface area is 201 Å². The number of carboxylic acid groups (broad SMARTS) is 2. The van der Waals surface area contributed by atoms with Crippen LogP contribution in [0.4, 0.5) is 0 Å². The summed E-state index contributed by atoms with van der Waals surface area (Å²) < 4.78 is 0. The van der Waals surface area contributed by atoms with E-state index < -0.39 is 60.2 Å². The van der Waals surface area contributed by atoms with Crippen LogP contribution in [0.5, 0.6) is 0 Å². The van der Waals surface area contributed by atoms with E-state index in [9.17, 15) is 29.1 Å². The lowest BCUT2D eigenvalue weighted by atomic mass is 10.0. The number of hydrogen-bond donors (Lipinski definition) is 7. The number of amides is 3. The van der Waals surface area contributed by atoms with Crippen molar-refractivity contribution in [2.24, 2.45) is 11.7 Å². The number of hydrogen-bond acceptors (Lipinski definition) is 6. The van der Waals surface area contributed by atoms with E-state index in [4.69, 9.17) is 10.8 Å². The number of nitrogens with one attached hydrogen (secondary N) is 4. The third-order valence-electron chi connectivity index (χ3n) is 5.41. The number of carbonyl (C=O) groups is 5. The maximum atomic E-state index is 13.0. The van der Waals surface area contributed by atoms with E-state index in [1.165, 1.54) is 0 Å². The molecule has 0 bridgehead atoms. The monoisotopic (exact) mass is 489 g/mol. The van der Waals surface area contributed by atoms with Gasteiger partial charge in [0.25, 0.3) is 0 Å². The van der Waals surface area contributed by atoms with Gasteiger partial charge in [0.2, 0.25) is 17.7 Å². The molecule has 0 spiro atoms. The summed E-state index contributed by atoms with van der Waals surface area (Å²) in [4.78, 5) is 62.8. The quantitative estimate of drug-likeness (QED) is 0.199. The van der Waals surface area contributed by atoms with Crippen molar-refractivity contribution in [2.75, 3.05) is 6.54 Å². The van der Waals surface area contributed by atoms with E-state index in [1.807, 2.05) is 24.3 Å². The average Bonchev–Trinajstić information content (AvgIpc) is 3.21. The van der Waals surface area contributed by atoms with Crippen molar-refractivity contribution in [1.82, 2.24) is 20.9 Å². The van der Waals surface area contributed by atoms with Crippen molar-refractivity contribution < 1.29 is 34.2 Å². The predicted octanol–water partition coefficient (Wildman–Crippen LogP) is -0.271. The van der Waals surface area contributed by atoms with Gasteiger partial charge in [-0.25, -0.2) is 4.79 Å². The van der Waals surface area contributed by atoms with E-state index in [-0.39, 0.29) is 19.3 Å². The molecule has 2 rings (SSSR count). The zero-order valence-electron chi connectivity index (χ0n) is 19.5. The molecule has 2 aromatic rings. The number of rotatable bonds is 13. The molecule has 3 unspecified atom stereocenters. The lowest BCUT2D eigenvalue weighted by molar-refractivity contribution is -0.143. The number of fused-ring (bicyclic) bond motifs is 1. The van der Waals surface area contributed by atoms with Crippen molar-refractivity contribution in [2.45, 2.75) is 51.2 Å². The first-order valence-corrected chi connectivity index (χ1v) is 11.1. The van der Waals surface area contributed by atoms with Gasteiger partial charge < -0.3 is 36.9 Å². The number of nitrogens with two attached hydrogens (primary N) is 1. The standard InChI is InChI=1S/C23H31N5O7/c1-12(2)20(23(34)35)28-22(33)17(9-13-10-25-16-6-4-3-5-14(13)16)27-18(29)11-26-21(32)15(24)7-8-19(30)31/h3-6,10,12,15,17,20,25H,7-9,11,24H2,1-2H3,(H,26,32)(H,27,29)(H,28,33)(H,30,31)(H,34,35). The Kier molecular flexibility index (Phi) is 9.76. The Balaban J connectivity index is 2.11. The van der Waals surface area contributed by atoms with Gasteiger partial charge >= 0.3 is 11.9 Å². The molecule has 0 radical (unpaired) electrons. The molecule has 0 saturated carbocycles. The summed E-state index contributed by atoms with van der Waals surface area (Å²) in [6.07, 6.45) is 1.38. The fourth-order valence-electron chi connectivity index (χ4n) is 3.45. The number of aromatic amines is 1. The topological polar surface area (TPSA) is 204 Å². The van der Waals surface area contributed by atoms with Gasteiger partial charge in [-0.1, -0.05) is 32.0 Å². The highest BCUT2D eigenvalue weighted by Crippen LogP contribution is 2.19. The summed E-state index contributed by atoms with van der Waals surface area (Å²) in [5, 5.41) is 26.3. The molecule has 12 heteroatoms. The van der Waals surface area contributed by atoms with Crippen molar-refractivity contribution in [3.8, 4) is 0 Å². The highest BCUT2D eigenvalue weighted by molar-refractivity contribution is 5.93. The summed E-state index contributed by atoms with van der Waals surface area (Å²) in [5.41, 5.74) is 7.19. The predicted molar refractivity (Wildman–Crippen MR) is 126 cm³/mol.